The van der Waals surface area contributed by atoms with Crippen molar-refractivity contribution in [2.24, 2.45) is 5.92 Å². The van der Waals surface area contributed by atoms with Gasteiger partial charge in [-0.2, -0.15) is 0 Å². The topological polar surface area (TPSA) is 71.1 Å². The van der Waals surface area contributed by atoms with E-state index in [2.05, 4.69) is 29.5 Å². The van der Waals surface area contributed by atoms with Crippen LogP contribution in [-0.4, -0.2) is 23.3 Å². The van der Waals surface area contributed by atoms with Gasteiger partial charge in [0, 0.05) is 25.5 Å². The highest BCUT2D eigenvalue weighted by atomic mass is 16.2. The van der Waals surface area contributed by atoms with E-state index in [1.807, 2.05) is 31.2 Å². The molecular formula is C20H25N3O2. The van der Waals surface area contributed by atoms with E-state index in [-0.39, 0.29) is 11.8 Å². The number of pyridine rings is 1. The monoisotopic (exact) mass is 339 g/mol. The normalized spacial score (nSPS) is 10.6. The minimum atomic E-state index is -0.245. The molecule has 2 rings (SSSR count). The number of hydrogen-bond donors (Lipinski definition) is 2. The predicted molar refractivity (Wildman–Crippen MR) is 98.4 cm³/mol. The number of amides is 2. The summed E-state index contributed by atoms with van der Waals surface area (Å²) in [6, 6.07) is 9.54. The largest absolute Gasteiger partial charge is 0.352 e. The number of benzene rings is 1. The average molecular weight is 339 g/mol. The number of carbonyl (C=O) groups is 2. The number of rotatable bonds is 7. The maximum absolute atomic E-state index is 12.3. The van der Waals surface area contributed by atoms with Crippen molar-refractivity contribution >= 4 is 11.8 Å². The lowest BCUT2D eigenvalue weighted by atomic mass is 10.1. The van der Waals surface area contributed by atoms with Gasteiger partial charge in [0.1, 0.15) is 0 Å². The van der Waals surface area contributed by atoms with Gasteiger partial charge in [0.15, 0.2) is 0 Å². The third-order valence-corrected chi connectivity index (χ3v) is 3.84. The van der Waals surface area contributed by atoms with Crippen molar-refractivity contribution in [1.82, 2.24) is 15.6 Å². The third kappa shape index (κ3) is 6.03. The van der Waals surface area contributed by atoms with Gasteiger partial charge in [0.2, 0.25) is 0 Å². The lowest BCUT2D eigenvalue weighted by Gasteiger charge is -2.09. The van der Waals surface area contributed by atoms with Crippen LogP contribution in [0.2, 0.25) is 0 Å². The fraction of sp³-hybridized carbons (Fsp3) is 0.350. The molecule has 0 fully saturated rings. The summed E-state index contributed by atoms with van der Waals surface area (Å²) in [7, 11) is 0. The highest BCUT2D eigenvalue weighted by Crippen LogP contribution is 2.06. The fourth-order valence-corrected chi connectivity index (χ4v) is 2.26. The molecule has 0 saturated carbocycles. The molecule has 0 radical (unpaired) electrons. The lowest BCUT2D eigenvalue weighted by molar-refractivity contribution is 0.0950. The number of aromatic nitrogens is 1. The van der Waals surface area contributed by atoms with Gasteiger partial charge in [-0.3, -0.25) is 14.6 Å². The minimum absolute atomic E-state index is 0.207. The zero-order valence-electron chi connectivity index (χ0n) is 15.0. The van der Waals surface area contributed by atoms with Crippen LogP contribution in [0.5, 0.6) is 0 Å². The molecule has 0 aliphatic rings. The number of carbonyl (C=O) groups excluding carboxylic acids is 2. The van der Waals surface area contributed by atoms with Gasteiger partial charge >= 0.3 is 0 Å². The van der Waals surface area contributed by atoms with E-state index in [4.69, 9.17) is 0 Å². The molecule has 0 bridgehead atoms. The van der Waals surface area contributed by atoms with Gasteiger partial charge < -0.3 is 10.6 Å². The van der Waals surface area contributed by atoms with Crippen LogP contribution in [0.15, 0.2) is 42.7 Å². The summed E-state index contributed by atoms with van der Waals surface area (Å²) in [5, 5.41) is 5.70. The molecule has 0 atom stereocenters. The molecular weight excluding hydrogens is 314 g/mol. The predicted octanol–water partition coefficient (Wildman–Crippen LogP) is 3.10. The standard InChI is InChI=1S/C20H25N3O2/c1-14(2)8-9-22-19(24)17-10-18(13-21-12-17)20(25)23-11-16-6-4-15(3)5-7-16/h4-7,10,12-14H,8-9,11H2,1-3H3,(H,22,24)(H,23,25). The highest BCUT2D eigenvalue weighted by Gasteiger charge is 2.11. The SMILES string of the molecule is Cc1ccc(CNC(=O)c2cncc(C(=O)NCCC(C)C)c2)cc1. The van der Waals surface area contributed by atoms with Crippen molar-refractivity contribution in [1.29, 1.82) is 0 Å². The first-order valence-electron chi connectivity index (χ1n) is 8.52. The van der Waals surface area contributed by atoms with Crippen LogP contribution < -0.4 is 10.6 Å². The van der Waals surface area contributed by atoms with Crippen molar-refractivity contribution in [3.8, 4) is 0 Å². The Kier molecular flexibility index (Phi) is 6.69. The Labute approximate surface area is 148 Å². The molecule has 25 heavy (non-hydrogen) atoms. The van der Waals surface area contributed by atoms with E-state index in [9.17, 15) is 9.59 Å². The van der Waals surface area contributed by atoms with Gasteiger partial charge in [0.05, 0.1) is 11.1 Å². The van der Waals surface area contributed by atoms with Gasteiger partial charge in [0.25, 0.3) is 11.8 Å². The van der Waals surface area contributed by atoms with E-state index in [0.29, 0.717) is 30.1 Å². The number of hydrogen-bond acceptors (Lipinski definition) is 3. The van der Waals surface area contributed by atoms with Crippen LogP contribution in [0.3, 0.4) is 0 Å². The van der Waals surface area contributed by atoms with Crippen molar-refractivity contribution in [3.05, 3.63) is 65.0 Å². The van der Waals surface area contributed by atoms with Crippen molar-refractivity contribution in [3.63, 3.8) is 0 Å². The smallest absolute Gasteiger partial charge is 0.253 e. The van der Waals surface area contributed by atoms with Gasteiger partial charge in [-0.25, -0.2) is 0 Å². The molecule has 0 aliphatic carbocycles. The van der Waals surface area contributed by atoms with Crippen molar-refractivity contribution in [2.45, 2.75) is 33.7 Å². The molecule has 0 spiro atoms. The Balaban J connectivity index is 1.93. The second-order valence-corrected chi connectivity index (χ2v) is 6.57. The molecule has 1 heterocycles. The molecule has 5 heteroatoms. The lowest BCUT2D eigenvalue weighted by Crippen LogP contribution is -2.27. The van der Waals surface area contributed by atoms with Crippen molar-refractivity contribution in [2.75, 3.05) is 6.54 Å². The van der Waals surface area contributed by atoms with E-state index in [1.54, 1.807) is 6.07 Å². The number of aryl methyl sites for hydroxylation is 1. The zero-order valence-corrected chi connectivity index (χ0v) is 15.0. The first kappa shape index (κ1) is 18.6. The average Bonchev–Trinajstić information content (AvgIpc) is 2.60. The summed E-state index contributed by atoms with van der Waals surface area (Å²) in [5.74, 6) is 0.0727. The molecule has 2 aromatic rings. The summed E-state index contributed by atoms with van der Waals surface area (Å²) in [4.78, 5) is 28.4. The minimum Gasteiger partial charge on any atom is -0.352 e. The highest BCUT2D eigenvalue weighted by molar-refractivity contribution is 5.99. The van der Waals surface area contributed by atoms with Crippen LogP contribution in [0.25, 0.3) is 0 Å². The molecule has 2 N–H and O–H groups in total. The molecule has 132 valence electrons. The Hall–Kier alpha value is -2.69. The van der Waals surface area contributed by atoms with Gasteiger partial charge in [-0.15, -0.1) is 0 Å². The molecule has 1 aromatic heterocycles. The van der Waals surface area contributed by atoms with Crippen molar-refractivity contribution < 1.29 is 9.59 Å². The maximum Gasteiger partial charge on any atom is 0.253 e. The zero-order chi connectivity index (χ0) is 18.2. The Morgan fingerprint density at radius 1 is 1.00 bits per heavy atom. The summed E-state index contributed by atoms with van der Waals surface area (Å²) in [6.07, 6.45) is 3.85. The Bertz CT molecular complexity index is 724. The second kappa shape index (κ2) is 8.97. The van der Waals surface area contributed by atoms with E-state index in [1.165, 1.54) is 18.0 Å². The van der Waals surface area contributed by atoms with Crippen LogP contribution in [0.1, 0.15) is 52.1 Å². The van der Waals surface area contributed by atoms with Crippen LogP contribution in [-0.2, 0) is 6.54 Å². The molecule has 5 nitrogen and oxygen atoms in total. The maximum atomic E-state index is 12.3. The number of nitrogens with one attached hydrogen (secondary N) is 2. The fourth-order valence-electron chi connectivity index (χ4n) is 2.26. The molecule has 0 saturated heterocycles. The van der Waals surface area contributed by atoms with Crippen LogP contribution in [0, 0.1) is 12.8 Å². The van der Waals surface area contributed by atoms with Crippen LogP contribution in [0.4, 0.5) is 0 Å². The first-order valence-corrected chi connectivity index (χ1v) is 8.52. The first-order chi connectivity index (χ1) is 12.0. The summed E-state index contributed by atoms with van der Waals surface area (Å²) >= 11 is 0. The van der Waals surface area contributed by atoms with E-state index < -0.39 is 0 Å². The Morgan fingerprint density at radius 2 is 1.60 bits per heavy atom. The second-order valence-electron chi connectivity index (χ2n) is 6.57. The molecule has 2 amide bonds. The molecule has 0 aliphatic heterocycles. The van der Waals surface area contributed by atoms with E-state index >= 15 is 0 Å². The molecule has 1 aromatic carbocycles. The van der Waals surface area contributed by atoms with Crippen LogP contribution >= 0.6 is 0 Å². The van der Waals surface area contributed by atoms with Gasteiger partial charge in [-0.1, -0.05) is 43.7 Å². The third-order valence-electron chi connectivity index (χ3n) is 3.84. The quantitative estimate of drug-likeness (QED) is 0.814. The van der Waals surface area contributed by atoms with Gasteiger partial charge in [-0.05, 0) is 30.9 Å². The summed E-state index contributed by atoms with van der Waals surface area (Å²) in [5.41, 5.74) is 2.97. The Morgan fingerprint density at radius 3 is 2.20 bits per heavy atom. The molecule has 0 unspecified atom stereocenters. The summed E-state index contributed by atoms with van der Waals surface area (Å²) < 4.78 is 0. The number of nitrogens with zero attached hydrogens (tertiary/aromatic N) is 1. The summed E-state index contributed by atoms with van der Waals surface area (Å²) in [6.45, 7) is 7.27. The van der Waals surface area contributed by atoms with E-state index in [0.717, 1.165) is 12.0 Å².